The topological polar surface area (TPSA) is 390 Å². The summed E-state index contributed by atoms with van der Waals surface area (Å²) in [4.78, 5) is 106. The Hall–Kier alpha value is -9.20. The summed E-state index contributed by atoms with van der Waals surface area (Å²) < 4.78 is 12.8. The van der Waals surface area contributed by atoms with E-state index in [1.807, 2.05) is 70.5 Å². The van der Waals surface area contributed by atoms with E-state index in [0.29, 0.717) is 52.7 Å². The van der Waals surface area contributed by atoms with E-state index in [0.717, 1.165) is 87.4 Å². The number of pyridine rings is 6. The molecule has 26 nitrogen and oxygen atoms in total. The van der Waals surface area contributed by atoms with Gasteiger partial charge in [-0.1, -0.05) is 6.07 Å². The number of carbonyl (C=O) groups is 6. The van der Waals surface area contributed by atoms with Crippen molar-refractivity contribution in [1.29, 1.82) is 0 Å². The molecule has 12 heterocycles. The molecule has 0 aliphatic carbocycles. The van der Waals surface area contributed by atoms with Crippen LogP contribution in [0.5, 0.6) is 0 Å². The van der Waals surface area contributed by atoms with Gasteiger partial charge in [-0.15, -0.1) is 22.7 Å². The normalized spacial score (nSPS) is 15.5. The van der Waals surface area contributed by atoms with Gasteiger partial charge in [0.1, 0.15) is 27.5 Å². The first-order valence-corrected chi connectivity index (χ1v) is 31.2. The van der Waals surface area contributed by atoms with E-state index >= 15 is 0 Å². The number of amides is 7. The molecule has 2 atom stereocenters. The molecule has 1 saturated heterocycles. The van der Waals surface area contributed by atoms with Crippen molar-refractivity contribution in [3.05, 3.63) is 163 Å². The van der Waals surface area contributed by atoms with Gasteiger partial charge < -0.3 is 47.8 Å². The second kappa shape index (κ2) is 30.1. The van der Waals surface area contributed by atoms with E-state index < -0.39 is 37.2 Å². The number of halogens is 1. The Morgan fingerprint density at radius 1 is 0.560 bits per heavy atom. The standard InChI is InChI=1S/C20H20N6O2S.C15H22BN3O3.C15H14N4O3.C6H4BrNO2.C5H8N2S/c1-12(19-23-4-6-29-19)25-18(27)16-8-14(9-22-10-16)15-7-13-3-2-5-26(20(21)28)17(13)24-11-15;1-14(2)15(3,4)22-16(21-14)11-8-10-6-5-7-19(13(17)20)12(10)18-9-11;16-15(22)19-3-1-2-9-4-11(8-18-13(9)19)10-5-12(14(20)21)7-17-6-10;7-5-1-4(6(9)10)2-8-3-5;1-4(6)5-7-2-3-8-5/h4,6-12H,2-3,5H2,1H3,(H2,21,28)(H,25,27);8-9H,5-7H2,1-4H3,(H2,17,20);4-8H,1-3H2,(H2,16,22)(H,20,21);1-3H,(H,9,10);2-4H,6H2,1H3. The smallest absolute Gasteiger partial charge is 0.478 e. The highest BCUT2D eigenvalue weighted by Gasteiger charge is 2.52. The molecule has 2 unspecified atom stereocenters. The summed E-state index contributed by atoms with van der Waals surface area (Å²) in [6.45, 7) is 13.7. The lowest BCUT2D eigenvalue weighted by molar-refractivity contribution is 0.00578. The first kappa shape index (κ1) is 67.7. The maximum atomic E-state index is 12.6. The summed E-state index contributed by atoms with van der Waals surface area (Å²) in [6, 6.07) is 9.16. The first-order valence-electron chi connectivity index (χ1n) is 28.7. The van der Waals surface area contributed by atoms with Crippen LogP contribution in [0.1, 0.15) is 131 Å². The Bertz CT molecular complexity index is 3910. The minimum atomic E-state index is -1.03. The molecule has 474 valence electrons. The van der Waals surface area contributed by atoms with Gasteiger partial charge in [0, 0.05) is 131 Å². The maximum absolute atomic E-state index is 12.6. The summed E-state index contributed by atoms with van der Waals surface area (Å²) in [5.41, 5.74) is 28.6. The van der Waals surface area contributed by atoms with Gasteiger partial charge in [0.25, 0.3) is 5.91 Å². The molecule has 7 amide bonds. The Kier molecular flexibility index (Phi) is 22.4. The lowest BCUT2D eigenvalue weighted by atomic mass is 9.79. The number of primary amides is 3. The van der Waals surface area contributed by atoms with Gasteiger partial charge in [-0.3, -0.25) is 34.4 Å². The van der Waals surface area contributed by atoms with E-state index in [1.165, 1.54) is 56.9 Å². The van der Waals surface area contributed by atoms with Crippen LogP contribution in [-0.4, -0.2) is 124 Å². The van der Waals surface area contributed by atoms with E-state index in [2.05, 4.69) is 61.1 Å². The largest absolute Gasteiger partial charge is 0.496 e. The fourth-order valence-corrected chi connectivity index (χ4v) is 11.3. The lowest BCUT2D eigenvalue weighted by Gasteiger charge is -2.32. The summed E-state index contributed by atoms with van der Waals surface area (Å²) >= 11 is 6.20. The van der Waals surface area contributed by atoms with E-state index in [-0.39, 0.29) is 40.3 Å². The number of aryl methyl sites for hydroxylation is 3. The Morgan fingerprint density at radius 2 is 0.967 bits per heavy atom. The van der Waals surface area contributed by atoms with Crippen LogP contribution in [0.25, 0.3) is 22.3 Å². The number of anilines is 3. The van der Waals surface area contributed by atoms with Gasteiger partial charge in [-0.2, -0.15) is 0 Å². The predicted molar refractivity (Wildman–Crippen MR) is 349 cm³/mol. The van der Waals surface area contributed by atoms with Gasteiger partial charge in [-0.05, 0) is 143 Å². The van der Waals surface area contributed by atoms with Crippen molar-refractivity contribution in [3.8, 4) is 22.3 Å². The second-order valence-electron chi connectivity index (χ2n) is 22.2. The van der Waals surface area contributed by atoms with Gasteiger partial charge in [0.05, 0.1) is 40.0 Å². The molecule has 8 aromatic rings. The molecule has 1 fully saturated rings. The van der Waals surface area contributed by atoms with Gasteiger partial charge >= 0.3 is 37.2 Å². The van der Waals surface area contributed by atoms with Crippen LogP contribution in [0.4, 0.5) is 31.8 Å². The number of thiazole rings is 2. The van der Waals surface area contributed by atoms with E-state index in [1.54, 1.807) is 66.8 Å². The predicted octanol–water partition coefficient (Wildman–Crippen LogP) is 8.51. The molecule has 4 aliphatic rings. The molecule has 30 heteroatoms. The molecule has 8 aromatic heterocycles. The van der Waals surface area contributed by atoms with Crippen LogP contribution < -0.4 is 48.4 Å². The maximum Gasteiger partial charge on any atom is 0.496 e. The zero-order valence-corrected chi connectivity index (χ0v) is 53.9. The number of nitrogens with zero attached hydrogens (tertiary/aromatic N) is 11. The average molecular weight is 1340 g/mol. The quantitative estimate of drug-likeness (QED) is 0.0665. The minimum absolute atomic E-state index is 0.0926. The third-order valence-corrected chi connectivity index (χ3v) is 17.4. The van der Waals surface area contributed by atoms with Crippen molar-refractivity contribution in [2.45, 2.75) is 103 Å². The minimum Gasteiger partial charge on any atom is -0.478 e. The SMILES string of the molecule is CC(N)c1nccs1.CC(NC(=O)c1cncc(-c2cnc3c(c2)CCCN3C(N)=O)c1)c1nccs1.CC1(C)OB(c2cnc3c(c2)CCCN3C(N)=O)OC1(C)C.NC(=O)N1CCCc2cc(-c3cncc(C(=O)O)c3)cnc21.O=C(O)c1cncc(Br)c1. The second-order valence-corrected chi connectivity index (χ2v) is 25.0. The highest BCUT2D eigenvalue weighted by atomic mass is 79.9. The molecular weight excluding hydrogens is 1270 g/mol. The number of rotatable bonds is 9. The Balaban J connectivity index is 0.000000156. The number of urea groups is 3. The van der Waals surface area contributed by atoms with Crippen LogP contribution >= 0.6 is 38.6 Å². The molecule has 4 aliphatic heterocycles. The third kappa shape index (κ3) is 17.2. The summed E-state index contributed by atoms with van der Waals surface area (Å²) in [7, 11) is -0.438. The first-order chi connectivity index (χ1) is 43.3. The number of nitrogens with two attached hydrogens (primary N) is 4. The van der Waals surface area contributed by atoms with Crippen LogP contribution in [-0.2, 0) is 28.6 Å². The molecular formula is C61H68BBrN16O10S2. The third-order valence-electron chi connectivity index (χ3n) is 15.0. The van der Waals surface area contributed by atoms with Crippen molar-refractivity contribution in [1.82, 2.24) is 45.2 Å². The van der Waals surface area contributed by atoms with Crippen LogP contribution in [0.3, 0.4) is 0 Å². The van der Waals surface area contributed by atoms with E-state index in [4.69, 9.17) is 42.5 Å². The molecule has 0 radical (unpaired) electrons. The summed E-state index contributed by atoms with van der Waals surface area (Å²) in [5.74, 6) is -0.377. The molecule has 91 heavy (non-hydrogen) atoms. The highest BCUT2D eigenvalue weighted by Crippen LogP contribution is 2.37. The zero-order chi connectivity index (χ0) is 65.7. The number of nitrogens with one attached hydrogen (secondary N) is 1. The van der Waals surface area contributed by atoms with Crippen molar-refractivity contribution in [2.75, 3.05) is 34.3 Å². The highest BCUT2D eigenvalue weighted by molar-refractivity contribution is 9.10. The monoisotopic (exact) mass is 1340 g/mol. The van der Waals surface area contributed by atoms with Gasteiger partial charge in [-0.25, -0.2) is 48.9 Å². The number of hydrogen-bond donors (Lipinski definition) is 7. The molecule has 0 spiro atoms. The fourth-order valence-electron chi connectivity index (χ4n) is 9.69. The van der Waals surface area contributed by atoms with Gasteiger partial charge in [0.2, 0.25) is 0 Å². The molecule has 0 bridgehead atoms. The lowest BCUT2D eigenvalue weighted by Crippen LogP contribution is -2.41. The zero-order valence-electron chi connectivity index (χ0n) is 50.6. The number of carboxylic acids is 2. The van der Waals surface area contributed by atoms with E-state index in [9.17, 15) is 28.8 Å². The molecule has 12 rings (SSSR count). The van der Waals surface area contributed by atoms with Crippen molar-refractivity contribution < 1.29 is 48.3 Å². The van der Waals surface area contributed by atoms with Crippen LogP contribution in [0.2, 0.25) is 0 Å². The van der Waals surface area contributed by atoms with Crippen LogP contribution in [0.15, 0.2) is 120 Å². The van der Waals surface area contributed by atoms with Crippen molar-refractivity contribution >= 4 is 105 Å². The molecule has 0 saturated carbocycles. The summed E-state index contributed by atoms with van der Waals surface area (Å²) in [6.07, 6.45) is 22.4. The van der Waals surface area contributed by atoms with Crippen molar-refractivity contribution in [2.24, 2.45) is 22.9 Å². The molecule has 0 aromatic carbocycles. The number of aromatic carboxylic acids is 2. The number of hydrogen-bond acceptors (Lipinski definition) is 19. The number of carbonyl (C=O) groups excluding carboxylic acids is 4. The summed E-state index contributed by atoms with van der Waals surface area (Å²) in [5, 5.41) is 26.1. The van der Waals surface area contributed by atoms with Crippen molar-refractivity contribution in [3.63, 3.8) is 0 Å². The average Bonchev–Trinajstić information content (AvgIpc) is 1.70. The van der Waals surface area contributed by atoms with Gasteiger partial charge in [0.15, 0.2) is 0 Å². The Morgan fingerprint density at radius 3 is 1.37 bits per heavy atom. The fraction of sp³-hybridized carbons (Fsp3) is 0.311. The molecule has 11 N–H and O–H groups in total. The number of aromatic nitrogens is 8. The Labute approximate surface area is 541 Å². The number of carboxylic acid groups (broad SMARTS) is 2. The van der Waals surface area contributed by atoms with Crippen LogP contribution in [0, 0.1) is 0 Å². The number of fused-ring (bicyclic) bond motifs is 3.